The molecule has 294 valence electrons. The summed E-state index contributed by atoms with van der Waals surface area (Å²) in [5, 5.41) is 2.37. The Labute approximate surface area is 348 Å². The summed E-state index contributed by atoms with van der Waals surface area (Å²) in [6, 6.07) is 50.0. The molecule has 0 saturated carbocycles. The lowest BCUT2D eigenvalue weighted by atomic mass is 9.83. The van der Waals surface area contributed by atoms with Gasteiger partial charge in [-0.3, -0.25) is 4.57 Å². The summed E-state index contributed by atoms with van der Waals surface area (Å²) >= 11 is 0. The first-order valence-corrected chi connectivity index (χ1v) is 20.6. The molecule has 1 aliphatic rings. The average molecular weight is 773 g/mol. The Morgan fingerprint density at radius 3 is 1.88 bits per heavy atom. The van der Waals surface area contributed by atoms with Crippen molar-refractivity contribution < 1.29 is 4.74 Å². The van der Waals surface area contributed by atoms with E-state index < -0.39 is 0 Å². The molecule has 0 unspecified atom stereocenters. The molecular formula is C54H52N4O. The van der Waals surface area contributed by atoms with Crippen molar-refractivity contribution in [1.82, 2.24) is 9.55 Å². The Morgan fingerprint density at radius 2 is 1.17 bits per heavy atom. The van der Waals surface area contributed by atoms with E-state index in [1.807, 2.05) is 12.3 Å². The van der Waals surface area contributed by atoms with E-state index in [1.165, 1.54) is 49.7 Å². The molecule has 9 rings (SSSR count). The van der Waals surface area contributed by atoms with E-state index in [1.54, 1.807) is 0 Å². The van der Waals surface area contributed by atoms with Crippen LogP contribution in [0.3, 0.4) is 0 Å². The predicted octanol–water partition coefficient (Wildman–Crippen LogP) is 14.3. The highest BCUT2D eigenvalue weighted by atomic mass is 16.5. The normalized spacial score (nSPS) is 13.2. The summed E-state index contributed by atoms with van der Waals surface area (Å²) in [5.41, 5.74) is 14.5. The van der Waals surface area contributed by atoms with Gasteiger partial charge in [-0.05, 0) is 130 Å². The van der Waals surface area contributed by atoms with Gasteiger partial charge in [-0.25, -0.2) is 4.98 Å². The largest absolute Gasteiger partial charge is 0.457 e. The molecule has 2 aromatic heterocycles. The lowest BCUT2D eigenvalue weighted by Gasteiger charge is -2.22. The maximum Gasteiger partial charge on any atom is 0.138 e. The molecule has 1 aliphatic heterocycles. The number of pyridine rings is 1. The number of aromatic nitrogens is 2. The SMILES string of the molecule is Cc1cc(C(C)(C)C)cc(C)c1-c1ccnc(-n2c3ccc(C(C)(C)C)cc3c3ccc(Oc4cccc(N5C=CN(c6cccc(-c7ccccc7)c6)C5)c4)cc32)c1. The molecule has 0 saturated heterocycles. The van der Waals surface area contributed by atoms with Crippen LogP contribution in [0.4, 0.5) is 11.4 Å². The number of aryl methyl sites for hydroxylation is 2. The van der Waals surface area contributed by atoms with Crippen molar-refractivity contribution >= 4 is 33.2 Å². The molecule has 0 radical (unpaired) electrons. The molecule has 0 spiro atoms. The van der Waals surface area contributed by atoms with E-state index in [4.69, 9.17) is 9.72 Å². The number of hydrogen-bond acceptors (Lipinski definition) is 4. The molecule has 0 bridgehead atoms. The summed E-state index contributed by atoms with van der Waals surface area (Å²) < 4.78 is 8.99. The molecular weight excluding hydrogens is 721 g/mol. The van der Waals surface area contributed by atoms with Crippen LogP contribution in [0.25, 0.3) is 49.9 Å². The number of fused-ring (bicyclic) bond motifs is 3. The minimum atomic E-state index is 0.0108. The van der Waals surface area contributed by atoms with Gasteiger partial charge >= 0.3 is 0 Å². The fraction of sp³-hybridized carbons (Fsp3) is 0.204. The fourth-order valence-corrected chi connectivity index (χ4v) is 8.44. The Bertz CT molecular complexity index is 2870. The minimum Gasteiger partial charge on any atom is -0.457 e. The van der Waals surface area contributed by atoms with Crippen LogP contribution in [0.2, 0.25) is 0 Å². The van der Waals surface area contributed by atoms with E-state index in [9.17, 15) is 0 Å². The lowest BCUT2D eigenvalue weighted by Crippen LogP contribution is -2.24. The number of anilines is 2. The first-order chi connectivity index (χ1) is 28.3. The third kappa shape index (κ3) is 7.38. The summed E-state index contributed by atoms with van der Waals surface area (Å²) in [5.74, 6) is 2.43. The molecule has 0 aliphatic carbocycles. The van der Waals surface area contributed by atoms with Gasteiger partial charge in [0.1, 0.15) is 17.3 Å². The number of rotatable bonds is 7. The zero-order chi connectivity index (χ0) is 41.1. The van der Waals surface area contributed by atoms with E-state index in [0.717, 1.165) is 45.3 Å². The Hall–Kier alpha value is -6.59. The summed E-state index contributed by atoms with van der Waals surface area (Å²) in [6.45, 7) is 18.8. The molecule has 6 aromatic carbocycles. The number of nitrogens with zero attached hydrogens (tertiary/aromatic N) is 4. The zero-order valence-corrected chi connectivity index (χ0v) is 35.4. The topological polar surface area (TPSA) is 33.5 Å². The third-order valence-electron chi connectivity index (χ3n) is 11.7. The van der Waals surface area contributed by atoms with Crippen LogP contribution in [0.5, 0.6) is 11.5 Å². The Kier molecular flexibility index (Phi) is 9.43. The van der Waals surface area contributed by atoms with E-state index in [0.29, 0.717) is 6.67 Å². The van der Waals surface area contributed by atoms with Crippen LogP contribution in [0.15, 0.2) is 158 Å². The van der Waals surface area contributed by atoms with Gasteiger partial charge in [0, 0.05) is 52.9 Å². The summed E-state index contributed by atoms with van der Waals surface area (Å²) in [6.07, 6.45) is 6.22. The highest BCUT2D eigenvalue weighted by molar-refractivity contribution is 6.10. The molecule has 3 heterocycles. The maximum atomic E-state index is 6.69. The average Bonchev–Trinajstić information content (AvgIpc) is 3.84. The lowest BCUT2D eigenvalue weighted by molar-refractivity contribution is 0.483. The summed E-state index contributed by atoms with van der Waals surface area (Å²) in [7, 11) is 0. The second kappa shape index (κ2) is 14.7. The van der Waals surface area contributed by atoms with Crippen LogP contribution in [-0.2, 0) is 10.8 Å². The second-order valence-electron chi connectivity index (χ2n) is 18.0. The third-order valence-corrected chi connectivity index (χ3v) is 11.7. The fourth-order valence-electron chi connectivity index (χ4n) is 8.44. The van der Waals surface area contributed by atoms with Crippen LogP contribution in [0.1, 0.15) is 63.8 Å². The number of ether oxygens (including phenoxy) is 1. The van der Waals surface area contributed by atoms with Gasteiger partial charge in [-0.15, -0.1) is 0 Å². The predicted molar refractivity (Wildman–Crippen MR) is 248 cm³/mol. The van der Waals surface area contributed by atoms with Gasteiger partial charge in [0.15, 0.2) is 0 Å². The molecule has 0 fully saturated rings. The van der Waals surface area contributed by atoms with Crippen molar-refractivity contribution in [2.45, 2.75) is 66.2 Å². The molecule has 8 aromatic rings. The zero-order valence-electron chi connectivity index (χ0n) is 35.4. The van der Waals surface area contributed by atoms with Gasteiger partial charge in [0.2, 0.25) is 0 Å². The molecule has 5 heteroatoms. The standard InChI is InChI=1S/C54H52N4O/c1-36-28-42(54(6,7)8)29-37(2)52(36)40-24-25-55-51(31-40)58-49-23-20-41(53(3,4)5)32-48(49)47-22-21-46(34-50(47)58)59-45-19-13-18-44(33-45)57-27-26-56(35-57)43-17-12-16-39(30-43)38-14-10-9-11-15-38/h9-34H,35H2,1-8H3. The van der Waals surface area contributed by atoms with E-state index in [2.05, 4.69) is 216 Å². The smallest absolute Gasteiger partial charge is 0.138 e. The van der Waals surface area contributed by atoms with E-state index in [-0.39, 0.29) is 10.8 Å². The minimum absolute atomic E-state index is 0.0108. The molecule has 59 heavy (non-hydrogen) atoms. The van der Waals surface area contributed by atoms with Gasteiger partial charge in [-0.2, -0.15) is 0 Å². The van der Waals surface area contributed by atoms with Crippen LogP contribution >= 0.6 is 0 Å². The van der Waals surface area contributed by atoms with Crippen LogP contribution in [0, 0.1) is 13.8 Å². The maximum absolute atomic E-state index is 6.69. The Balaban J connectivity index is 1.05. The van der Waals surface area contributed by atoms with Crippen molar-refractivity contribution in [1.29, 1.82) is 0 Å². The monoisotopic (exact) mass is 772 g/mol. The quantitative estimate of drug-likeness (QED) is 0.162. The van der Waals surface area contributed by atoms with Crippen molar-refractivity contribution in [3.63, 3.8) is 0 Å². The van der Waals surface area contributed by atoms with Crippen molar-refractivity contribution in [3.8, 4) is 39.6 Å². The second-order valence-corrected chi connectivity index (χ2v) is 18.0. The van der Waals surface area contributed by atoms with E-state index >= 15 is 0 Å². The van der Waals surface area contributed by atoms with Gasteiger partial charge in [0.25, 0.3) is 0 Å². The first-order valence-electron chi connectivity index (χ1n) is 20.6. The van der Waals surface area contributed by atoms with Crippen molar-refractivity contribution in [3.05, 3.63) is 180 Å². The number of hydrogen-bond donors (Lipinski definition) is 0. The molecule has 0 atom stereocenters. The Morgan fingerprint density at radius 1 is 0.508 bits per heavy atom. The highest BCUT2D eigenvalue weighted by Crippen LogP contribution is 2.40. The molecule has 0 amide bonds. The van der Waals surface area contributed by atoms with Crippen molar-refractivity contribution in [2.75, 3.05) is 16.5 Å². The van der Waals surface area contributed by atoms with Crippen molar-refractivity contribution in [2.24, 2.45) is 0 Å². The molecule has 0 N–H and O–H groups in total. The van der Waals surface area contributed by atoms with Gasteiger partial charge in [-0.1, -0.05) is 108 Å². The molecule has 5 nitrogen and oxygen atoms in total. The van der Waals surface area contributed by atoms with Crippen LogP contribution in [-0.4, -0.2) is 16.2 Å². The summed E-state index contributed by atoms with van der Waals surface area (Å²) in [4.78, 5) is 9.53. The van der Waals surface area contributed by atoms with Gasteiger partial charge in [0.05, 0.1) is 17.7 Å². The highest BCUT2D eigenvalue weighted by Gasteiger charge is 2.22. The number of benzene rings is 6. The van der Waals surface area contributed by atoms with Gasteiger partial charge < -0.3 is 14.5 Å². The van der Waals surface area contributed by atoms with Crippen LogP contribution < -0.4 is 14.5 Å². The first kappa shape index (κ1) is 38.0.